The molecule has 16 heavy (non-hydrogen) atoms. The second-order valence-corrected chi connectivity index (χ2v) is 6.65. The van der Waals surface area contributed by atoms with Crippen LogP contribution in [0.25, 0.3) is 0 Å². The average molecular weight is 250 g/mol. The standard InChI is InChI=1S/C9H18N2O4S/c1-7-5-10-16(13,14)11(6-7)8(12)15-9(2,3)4/h7,10H,5-6H2,1-4H3. The molecule has 1 unspecified atom stereocenters. The van der Waals surface area contributed by atoms with Gasteiger partial charge < -0.3 is 4.74 Å². The van der Waals surface area contributed by atoms with Gasteiger partial charge in [-0.1, -0.05) is 6.92 Å². The van der Waals surface area contributed by atoms with Gasteiger partial charge in [0.15, 0.2) is 0 Å². The molecule has 1 atom stereocenters. The van der Waals surface area contributed by atoms with Crippen LogP contribution in [0.2, 0.25) is 0 Å². The third-order valence-corrected chi connectivity index (χ3v) is 3.39. The normalized spacial score (nSPS) is 25.2. The minimum atomic E-state index is -3.72. The maximum absolute atomic E-state index is 11.7. The molecule has 1 N–H and O–H groups in total. The highest BCUT2D eigenvalue weighted by Gasteiger charge is 2.35. The zero-order chi connectivity index (χ0) is 12.6. The van der Waals surface area contributed by atoms with E-state index in [1.807, 2.05) is 6.92 Å². The molecule has 94 valence electrons. The predicted molar refractivity (Wildman–Crippen MR) is 59.0 cm³/mol. The van der Waals surface area contributed by atoms with Crippen molar-refractivity contribution in [3.05, 3.63) is 0 Å². The quantitative estimate of drug-likeness (QED) is 0.687. The number of hydrogen-bond acceptors (Lipinski definition) is 4. The summed E-state index contributed by atoms with van der Waals surface area (Å²) in [6.45, 7) is 7.44. The van der Waals surface area contributed by atoms with Gasteiger partial charge in [0, 0.05) is 13.1 Å². The van der Waals surface area contributed by atoms with Gasteiger partial charge in [-0.25, -0.2) is 4.79 Å². The summed E-state index contributed by atoms with van der Waals surface area (Å²) < 4.78 is 31.2. The second-order valence-electron chi connectivity index (χ2n) is 4.97. The number of carbonyl (C=O) groups is 1. The van der Waals surface area contributed by atoms with Gasteiger partial charge in [-0.3, -0.25) is 0 Å². The lowest BCUT2D eigenvalue weighted by molar-refractivity contribution is 0.0364. The Kier molecular flexibility index (Phi) is 3.49. The van der Waals surface area contributed by atoms with Crippen LogP contribution in [-0.2, 0) is 14.9 Å². The molecule has 0 spiro atoms. The van der Waals surface area contributed by atoms with Crippen LogP contribution in [0, 0.1) is 5.92 Å². The smallest absolute Gasteiger partial charge is 0.425 e. The maximum Gasteiger partial charge on any atom is 0.425 e. The first kappa shape index (κ1) is 13.2. The maximum atomic E-state index is 11.7. The first-order valence-electron chi connectivity index (χ1n) is 5.12. The van der Waals surface area contributed by atoms with Gasteiger partial charge in [0.2, 0.25) is 0 Å². The molecule has 6 nitrogen and oxygen atoms in total. The van der Waals surface area contributed by atoms with Crippen LogP contribution >= 0.6 is 0 Å². The van der Waals surface area contributed by atoms with Crippen molar-refractivity contribution in [2.24, 2.45) is 5.92 Å². The van der Waals surface area contributed by atoms with E-state index in [2.05, 4.69) is 4.72 Å². The van der Waals surface area contributed by atoms with E-state index in [0.717, 1.165) is 4.31 Å². The summed E-state index contributed by atoms with van der Waals surface area (Å²) in [5.74, 6) is 0.0797. The van der Waals surface area contributed by atoms with E-state index in [4.69, 9.17) is 4.74 Å². The molecule has 1 aliphatic rings. The summed E-state index contributed by atoms with van der Waals surface area (Å²) >= 11 is 0. The molecule has 1 aliphatic heterocycles. The van der Waals surface area contributed by atoms with Crippen molar-refractivity contribution in [3.8, 4) is 0 Å². The average Bonchev–Trinajstić information content (AvgIpc) is 2.06. The third-order valence-electron chi connectivity index (χ3n) is 1.98. The van der Waals surface area contributed by atoms with E-state index in [-0.39, 0.29) is 12.5 Å². The second kappa shape index (κ2) is 4.21. The molecule has 1 rings (SSSR count). The van der Waals surface area contributed by atoms with Crippen molar-refractivity contribution >= 4 is 16.3 Å². The fourth-order valence-electron chi connectivity index (χ4n) is 1.26. The van der Waals surface area contributed by atoms with Gasteiger partial charge in [-0.05, 0) is 26.7 Å². The van der Waals surface area contributed by atoms with E-state index in [1.54, 1.807) is 20.8 Å². The Morgan fingerprint density at radius 3 is 2.50 bits per heavy atom. The molecule has 1 fully saturated rings. The number of nitrogens with zero attached hydrogens (tertiary/aromatic N) is 1. The highest BCUT2D eigenvalue weighted by molar-refractivity contribution is 7.87. The van der Waals surface area contributed by atoms with Crippen molar-refractivity contribution in [3.63, 3.8) is 0 Å². The molecule has 0 aliphatic carbocycles. The van der Waals surface area contributed by atoms with E-state index >= 15 is 0 Å². The Balaban J connectivity index is 2.81. The van der Waals surface area contributed by atoms with Gasteiger partial charge in [-0.15, -0.1) is 0 Å². The molecule has 7 heteroatoms. The van der Waals surface area contributed by atoms with Crippen molar-refractivity contribution in [2.75, 3.05) is 13.1 Å². The van der Waals surface area contributed by atoms with E-state index < -0.39 is 21.9 Å². The van der Waals surface area contributed by atoms with Gasteiger partial charge in [-0.2, -0.15) is 17.4 Å². The number of rotatable bonds is 0. The molecule has 0 bridgehead atoms. The van der Waals surface area contributed by atoms with Crippen LogP contribution in [0.15, 0.2) is 0 Å². The lowest BCUT2D eigenvalue weighted by atomic mass is 10.2. The van der Waals surface area contributed by atoms with E-state index in [1.165, 1.54) is 0 Å². The van der Waals surface area contributed by atoms with Crippen LogP contribution in [0.3, 0.4) is 0 Å². The Morgan fingerprint density at radius 1 is 1.44 bits per heavy atom. The summed E-state index contributed by atoms with van der Waals surface area (Å²) in [4.78, 5) is 11.7. The topological polar surface area (TPSA) is 75.7 Å². The zero-order valence-electron chi connectivity index (χ0n) is 9.98. The van der Waals surface area contributed by atoms with E-state index in [0.29, 0.717) is 6.54 Å². The minimum Gasteiger partial charge on any atom is -0.443 e. The lowest BCUT2D eigenvalue weighted by Gasteiger charge is -2.32. The van der Waals surface area contributed by atoms with Gasteiger partial charge in [0.25, 0.3) is 0 Å². The molecule has 1 saturated heterocycles. The minimum absolute atomic E-state index is 0.0797. The highest BCUT2D eigenvalue weighted by Crippen LogP contribution is 2.16. The SMILES string of the molecule is CC1CNS(=O)(=O)N(C(=O)OC(C)(C)C)C1. The number of carbonyl (C=O) groups excluding carboxylic acids is 1. The Hall–Kier alpha value is -0.820. The summed E-state index contributed by atoms with van der Waals surface area (Å²) in [5, 5.41) is 0. The van der Waals surface area contributed by atoms with Crippen LogP contribution in [0.5, 0.6) is 0 Å². The molecule has 0 aromatic heterocycles. The van der Waals surface area contributed by atoms with E-state index in [9.17, 15) is 13.2 Å². The lowest BCUT2D eigenvalue weighted by Crippen LogP contribution is -2.54. The largest absolute Gasteiger partial charge is 0.443 e. The molecular weight excluding hydrogens is 232 g/mol. The van der Waals surface area contributed by atoms with Crippen molar-refractivity contribution in [1.29, 1.82) is 0 Å². The summed E-state index contributed by atoms with van der Waals surface area (Å²) in [6, 6.07) is 0. The third kappa shape index (κ3) is 3.34. The number of ether oxygens (including phenoxy) is 1. The van der Waals surface area contributed by atoms with Gasteiger partial charge in [0.1, 0.15) is 5.60 Å². The monoisotopic (exact) mass is 250 g/mol. The Bertz CT molecular complexity index is 371. The summed E-state index contributed by atoms with van der Waals surface area (Å²) in [6.07, 6.45) is -0.827. The molecule has 0 aromatic carbocycles. The number of nitrogens with one attached hydrogen (secondary N) is 1. The van der Waals surface area contributed by atoms with Crippen molar-refractivity contribution < 1.29 is 17.9 Å². The first-order chi connectivity index (χ1) is 7.12. The molecule has 1 amide bonds. The number of amides is 1. The molecule has 0 aromatic rings. The van der Waals surface area contributed by atoms with Gasteiger partial charge in [0.05, 0.1) is 0 Å². The van der Waals surface area contributed by atoms with Crippen LogP contribution in [0.1, 0.15) is 27.7 Å². The fourth-order valence-corrected chi connectivity index (χ4v) is 2.59. The Morgan fingerprint density at radius 2 is 2.00 bits per heavy atom. The van der Waals surface area contributed by atoms with Gasteiger partial charge >= 0.3 is 16.3 Å². The Labute approximate surface area is 96.1 Å². The first-order valence-corrected chi connectivity index (χ1v) is 6.56. The van der Waals surface area contributed by atoms with Crippen LogP contribution in [-0.4, -0.2) is 37.5 Å². The molecular formula is C9H18N2O4S. The van der Waals surface area contributed by atoms with Crippen molar-refractivity contribution in [1.82, 2.24) is 9.03 Å². The molecule has 1 heterocycles. The molecule has 0 radical (unpaired) electrons. The summed E-state index contributed by atoms with van der Waals surface area (Å²) in [7, 11) is -3.72. The zero-order valence-corrected chi connectivity index (χ0v) is 10.8. The summed E-state index contributed by atoms with van der Waals surface area (Å²) in [5.41, 5.74) is -0.701. The van der Waals surface area contributed by atoms with Crippen molar-refractivity contribution in [2.45, 2.75) is 33.3 Å². The highest BCUT2D eigenvalue weighted by atomic mass is 32.2. The predicted octanol–water partition coefficient (Wildman–Crippen LogP) is 0.708. The molecule has 0 saturated carbocycles. The van der Waals surface area contributed by atoms with Crippen LogP contribution in [0.4, 0.5) is 4.79 Å². The number of hydrogen-bond donors (Lipinski definition) is 1. The fraction of sp³-hybridized carbons (Fsp3) is 0.889. The van der Waals surface area contributed by atoms with Crippen LogP contribution < -0.4 is 4.72 Å².